The van der Waals surface area contributed by atoms with Gasteiger partial charge in [0.2, 0.25) is 0 Å². The fraction of sp³-hybridized carbons (Fsp3) is 0.222. The number of nitrogens with two attached hydrogens (primary N) is 2. The zero-order valence-electron chi connectivity index (χ0n) is 8.30. The highest BCUT2D eigenvalue weighted by atomic mass is 16.4. The monoisotopic (exact) mass is 211 g/mol. The van der Waals surface area contributed by atoms with Crippen LogP contribution in [-0.4, -0.2) is 22.0 Å². The van der Waals surface area contributed by atoms with Gasteiger partial charge in [-0.3, -0.25) is 14.6 Å². The zero-order valence-corrected chi connectivity index (χ0v) is 8.30. The Morgan fingerprint density at radius 1 is 1.53 bits per heavy atom. The third-order valence-electron chi connectivity index (χ3n) is 1.34. The summed E-state index contributed by atoms with van der Waals surface area (Å²) < 4.78 is 0. The molecule has 0 radical (unpaired) electrons. The van der Waals surface area contributed by atoms with Crippen molar-refractivity contribution in [3.63, 3.8) is 0 Å². The van der Waals surface area contributed by atoms with E-state index in [1.54, 1.807) is 12.1 Å². The standard InChI is InChI=1S/C7H9N3O.C2H4O2/c8-4-5-2-1-3-10-6(5)7(9)11;1-2(3)4/h1-3H,4,8H2,(H2,9,11);1H3,(H,3,4). The minimum atomic E-state index is -0.833. The molecule has 5 N–H and O–H groups in total. The number of carboxylic acid groups (broad SMARTS) is 1. The van der Waals surface area contributed by atoms with Crippen LogP contribution in [0.5, 0.6) is 0 Å². The minimum Gasteiger partial charge on any atom is -0.481 e. The Labute approximate surface area is 86.9 Å². The van der Waals surface area contributed by atoms with Crippen LogP contribution in [0.4, 0.5) is 0 Å². The van der Waals surface area contributed by atoms with E-state index in [0.717, 1.165) is 6.92 Å². The van der Waals surface area contributed by atoms with Gasteiger partial charge in [0.1, 0.15) is 5.69 Å². The van der Waals surface area contributed by atoms with Gasteiger partial charge in [-0.15, -0.1) is 0 Å². The second kappa shape index (κ2) is 6.50. The molecular weight excluding hydrogens is 198 g/mol. The maximum absolute atomic E-state index is 10.7. The van der Waals surface area contributed by atoms with Gasteiger partial charge in [0.15, 0.2) is 0 Å². The summed E-state index contributed by atoms with van der Waals surface area (Å²) in [5.74, 6) is -1.37. The minimum absolute atomic E-state index is 0.259. The average Bonchev–Trinajstić information content (AvgIpc) is 2.16. The fourth-order valence-corrected chi connectivity index (χ4v) is 0.825. The molecule has 15 heavy (non-hydrogen) atoms. The number of aliphatic carboxylic acids is 1. The van der Waals surface area contributed by atoms with Crippen molar-refractivity contribution in [1.82, 2.24) is 4.98 Å². The lowest BCUT2D eigenvalue weighted by Gasteiger charge is -2.00. The van der Waals surface area contributed by atoms with E-state index in [1.165, 1.54) is 6.20 Å². The highest BCUT2D eigenvalue weighted by Gasteiger charge is 2.05. The third-order valence-corrected chi connectivity index (χ3v) is 1.34. The van der Waals surface area contributed by atoms with Crippen molar-refractivity contribution in [3.05, 3.63) is 29.6 Å². The van der Waals surface area contributed by atoms with Gasteiger partial charge in [-0.2, -0.15) is 0 Å². The Morgan fingerprint density at radius 3 is 2.40 bits per heavy atom. The predicted octanol–water partition coefficient (Wildman–Crippen LogP) is -0.270. The molecule has 1 heterocycles. The van der Waals surface area contributed by atoms with E-state index in [0.29, 0.717) is 5.56 Å². The van der Waals surface area contributed by atoms with Crippen LogP contribution in [0.25, 0.3) is 0 Å². The van der Waals surface area contributed by atoms with Crippen LogP contribution in [0.3, 0.4) is 0 Å². The first kappa shape index (κ1) is 13.1. The van der Waals surface area contributed by atoms with Crippen molar-refractivity contribution in [2.75, 3.05) is 0 Å². The number of rotatable bonds is 2. The van der Waals surface area contributed by atoms with Crippen molar-refractivity contribution in [3.8, 4) is 0 Å². The maximum Gasteiger partial charge on any atom is 0.300 e. The van der Waals surface area contributed by atoms with Gasteiger partial charge in [0.25, 0.3) is 11.9 Å². The quantitative estimate of drug-likeness (QED) is 0.622. The third kappa shape index (κ3) is 5.37. The lowest BCUT2D eigenvalue weighted by Crippen LogP contribution is -2.17. The summed E-state index contributed by atoms with van der Waals surface area (Å²) in [5.41, 5.74) is 11.3. The van der Waals surface area contributed by atoms with Crippen molar-refractivity contribution in [2.45, 2.75) is 13.5 Å². The summed E-state index contributed by atoms with van der Waals surface area (Å²) in [7, 11) is 0. The van der Waals surface area contributed by atoms with E-state index in [2.05, 4.69) is 4.98 Å². The molecule has 0 aromatic carbocycles. The molecule has 1 rings (SSSR count). The van der Waals surface area contributed by atoms with Crippen LogP contribution in [0.15, 0.2) is 18.3 Å². The normalized spacial score (nSPS) is 8.67. The summed E-state index contributed by atoms with van der Waals surface area (Å²) in [4.78, 5) is 23.5. The van der Waals surface area contributed by atoms with Gasteiger partial charge < -0.3 is 16.6 Å². The van der Waals surface area contributed by atoms with Crippen molar-refractivity contribution in [2.24, 2.45) is 11.5 Å². The van der Waals surface area contributed by atoms with Crippen LogP contribution in [-0.2, 0) is 11.3 Å². The summed E-state index contributed by atoms with van der Waals surface area (Å²) >= 11 is 0. The van der Waals surface area contributed by atoms with Gasteiger partial charge in [-0.25, -0.2) is 0 Å². The molecule has 0 bridgehead atoms. The number of carboxylic acids is 1. The molecule has 0 unspecified atom stereocenters. The van der Waals surface area contributed by atoms with Crippen LogP contribution < -0.4 is 11.5 Å². The topological polar surface area (TPSA) is 119 Å². The molecule has 0 aliphatic carbocycles. The highest BCUT2D eigenvalue weighted by Crippen LogP contribution is 2.01. The Balaban J connectivity index is 0.000000423. The molecule has 82 valence electrons. The van der Waals surface area contributed by atoms with Gasteiger partial charge in [0, 0.05) is 19.7 Å². The van der Waals surface area contributed by atoms with Crippen LogP contribution in [0.2, 0.25) is 0 Å². The first-order valence-corrected chi connectivity index (χ1v) is 4.12. The highest BCUT2D eigenvalue weighted by molar-refractivity contribution is 5.92. The number of carbonyl (C=O) groups is 2. The molecule has 0 aliphatic rings. The van der Waals surface area contributed by atoms with Gasteiger partial charge in [0.05, 0.1) is 0 Å². The number of primary amides is 1. The summed E-state index contributed by atoms with van der Waals surface area (Å²) in [6.45, 7) is 1.37. The summed E-state index contributed by atoms with van der Waals surface area (Å²) in [6, 6.07) is 3.45. The molecule has 1 aromatic rings. The van der Waals surface area contributed by atoms with Gasteiger partial charge in [-0.1, -0.05) is 6.07 Å². The van der Waals surface area contributed by atoms with Crippen molar-refractivity contribution in [1.29, 1.82) is 0 Å². The largest absolute Gasteiger partial charge is 0.481 e. The molecular formula is C9H13N3O3. The van der Waals surface area contributed by atoms with Crippen LogP contribution in [0.1, 0.15) is 23.0 Å². The average molecular weight is 211 g/mol. The Hall–Kier alpha value is -1.95. The van der Waals surface area contributed by atoms with E-state index in [1.807, 2.05) is 0 Å². The number of carbonyl (C=O) groups excluding carboxylic acids is 1. The summed E-state index contributed by atoms with van der Waals surface area (Å²) in [5, 5.41) is 7.42. The van der Waals surface area contributed by atoms with Crippen LogP contribution >= 0.6 is 0 Å². The first-order valence-electron chi connectivity index (χ1n) is 4.12. The van der Waals surface area contributed by atoms with E-state index in [4.69, 9.17) is 21.4 Å². The van der Waals surface area contributed by atoms with E-state index in [9.17, 15) is 4.79 Å². The molecule has 0 saturated heterocycles. The molecule has 1 aromatic heterocycles. The number of hydrogen-bond acceptors (Lipinski definition) is 4. The zero-order chi connectivity index (χ0) is 11.8. The number of pyridine rings is 1. The number of nitrogens with zero attached hydrogens (tertiary/aromatic N) is 1. The molecule has 0 saturated carbocycles. The van der Waals surface area contributed by atoms with Crippen molar-refractivity contribution >= 4 is 11.9 Å². The van der Waals surface area contributed by atoms with E-state index >= 15 is 0 Å². The molecule has 0 spiro atoms. The lowest BCUT2D eigenvalue weighted by atomic mass is 10.2. The molecule has 0 aliphatic heterocycles. The predicted molar refractivity (Wildman–Crippen MR) is 54.0 cm³/mol. The van der Waals surface area contributed by atoms with Gasteiger partial charge >= 0.3 is 0 Å². The van der Waals surface area contributed by atoms with Crippen molar-refractivity contribution < 1.29 is 14.7 Å². The SMILES string of the molecule is CC(=O)O.NCc1cccnc1C(N)=O. The Bertz CT molecular complexity index is 348. The molecule has 0 atom stereocenters. The maximum atomic E-state index is 10.7. The molecule has 6 nitrogen and oxygen atoms in total. The Morgan fingerprint density at radius 2 is 2.07 bits per heavy atom. The molecule has 6 heteroatoms. The number of hydrogen-bond donors (Lipinski definition) is 3. The number of amides is 1. The molecule has 1 amide bonds. The molecule has 0 fully saturated rings. The summed E-state index contributed by atoms with van der Waals surface area (Å²) in [6.07, 6.45) is 1.51. The first-order chi connectivity index (χ1) is 6.99. The van der Waals surface area contributed by atoms with E-state index in [-0.39, 0.29) is 12.2 Å². The van der Waals surface area contributed by atoms with Crippen LogP contribution in [0, 0.1) is 0 Å². The smallest absolute Gasteiger partial charge is 0.300 e. The second-order valence-corrected chi connectivity index (χ2v) is 2.60. The second-order valence-electron chi connectivity index (χ2n) is 2.60. The number of aromatic nitrogens is 1. The fourth-order valence-electron chi connectivity index (χ4n) is 0.825. The Kier molecular flexibility index (Phi) is 5.65. The van der Waals surface area contributed by atoms with E-state index < -0.39 is 11.9 Å². The lowest BCUT2D eigenvalue weighted by molar-refractivity contribution is -0.134. The van der Waals surface area contributed by atoms with Gasteiger partial charge in [-0.05, 0) is 11.6 Å².